The number of alkyl halides is 3. The number of carboxylic acids is 1. The van der Waals surface area contributed by atoms with E-state index in [4.69, 9.17) is 5.11 Å². The number of carbonyl (C=O) groups excluding carboxylic acids is 1. The van der Waals surface area contributed by atoms with Crippen molar-refractivity contribution in [2.75, 3.05) is 13.2 Å². The Morgan fingerprint density at radius 1 is 1.35 bits per heavy atom. The molecule has 0 bridgehead atoms. The Bertz CT molecular complexity index is 278. The molecule has 0 aromatic heterocycles. The maximum Gasteiger partial charge on any atom is 0.411 e. The van der Waals surface area contributed by atoms with Gasteiger partial charge in [-0.25, -0.2) is 4.79 Å². The number of hydrogen-bond acceptors (Lipinski definition) is 3. The van der Waals surface area contributed by atoms with Crippen molar-refractivity contribution in [1.29, 1.82) is 0 Å². The van der Waals surface area contributed by atoms with Crippen LogP contribution in [0.1, 0.15) is 13.8 Å². The zero-order chi connectivity index (χ0) is 13.6. The summed E-state index contributed by atoms with van der Waals surface area (Å²) in [4.78, 5) is 21.8. The normalized spacial score (nSPS) is 13.5. The third-order valence-corrected chi connectivity index (χ3v) is 1.75. The molecule has 0 radical (unpaired) electrons. The fourth-order valence-corrected chi connectivity index (χ4v) is 0.988. The van der Waals surface area contributed by atoms with Crippen LogP contribution in [0.2, 0.25) is 0 Å². The minimum Gasteiger partial charge on any atom is -0.480 e. The minimum atomic E-state index is -4.51. The summed E-state index contributed by atoms with van der Waals surface area (Å²) in [5.74, 6) is -2.52. The molecule has 0 spiro atoms. The molecule has 1 amide bonds. The highest BCUT2D eigenvalue weighted by molar-refractivity contribution is 5.84. The summed E-state index contributed by atoms with van der Waals surface area (Å²) in [6.07, 6.45) is -4.51. The Hall–Kier alpha value is -1.31. The molecule has 0 heterocycles. The number of hydrogen-bond donors (Lipinski definition) is 2. The van der Waals surface area contributed by atoms with E-state index < -0.39 is 37.3 Å². The van der Waals surface area contributed by atoms with Crippen LogP contribution in [0.25, 0.3) is 0 Å². The van der Waals surface area contributed by atoms with Gasteiger partial charge in [-0.1, -0.05) is 13.8 Å². The predicted molar refractivity (Wildman–Crippen MR) is 51.3 cm³/mol. The van der Waals surface area contributed by atoms with E-state index in [0.717, 1.165) is 0 Å². The summed E-state index contributed by atoms with van der Waals surface area (Å²) in [6.45, 7) is 0.765. The Kier molecular flexibility index (Phi) is 5.94. The van der Waals surface area contributed by atoms with Gasteiger partial charge in [0.15, 0.2) is 0 Å². The van der Waals surface area contributed by atoms with Crippen molar-refractivity contribution >= 4 is 11.9 Å². The van der Waals surface area contributed by atoms with Gasteiger partial charge in [-0.05, 0) is 5.92 Å². The number of carbonyl (C=O) groups is 2. The highest BCUT2D eigenvalue weighted by Gasteiger charge is 2.28. The van der Waals surface area contributed by atoms with Gasteiger partial charge in [-0.15, -0.1) is 0 Å². The molecular formula is C9H14F3NO4. The smallest absolute Gasteiger partial charge is 0.411 e. The average molecular weight is 257 g/mol. The van der Waals surface area contributed by atoms with Crippen molar-refractivity contribution < 1.29 is 32.6 Å². The zero-order valence-electron chi connectivity index (χ0n) is 9.37. The van der Waals surface area contributed by atoms with Gasteiger partial charge in [-0.3, -0.25) is 4.79 Å². The molecule has 0 aliphatic heterocycles. The van der Waals surface area contributed by atoms with E-state index in [1.54, 1.807) is 13.8 Å². The number of ether oxygens (including phenoxy) is 1. The zero-order valence-corrected chi connectivity index (χ0v) is 9.37. The van der Waals surface area contributed by atoms with Crippen LogP contribution in [-0.2, 0) is 14.3 Å². The summed E-state index contributed by atoms with van der Waals surface area (Å²) in [5.41, 5.74) is 0. The molecule has 0 saturated heterocycles. The van der Waals surface area contributed by atoms with Gasteiger partial charge in [0.05, 0.1) is 0 Å². The number of amides is 1. The van der Waals surface area contributed by atoms with Crippen LogP contribution >= 0.6 is 0 Å². The SMILES string of the molecule is CC(C)[C@@H](NC(=O)COCC(F)(F)F)C(=O)O. The van der Waals surface area contributed by atoms with Gasteiger partial charge in [0, 0.05) is 0 Å². The van der Waals surface area contributed by atoms with E-state index in [1.807, 2.05) is 0 Å². The second-order valence-corrected chi connectivity index (χ2v) is 3.74. The third kappa shape index (κ3) is 7.56. The molecule has 17 heavy (non-hydrogen) atoms. The summed E-state index contributed by atoms with van der Waals surface area (Å²) in [5, 5.41) is 10.8. The second kappa shape index (κ2) is 6.43. The van der Waals surface area contributed by atoms with Crippen molar-refractivity contribution in [3.63, 3.8) is 0 Å². The Morgan fingerprint density at radius 3 is 2.24 bits per heavy atom. The second-order valence-electron chi connectivity index (χ2n) is 3.74. The maximum absolute atomic E-state index is 11.7. The first kappa shape index (κ1) is 15.7. The van der Waals surface area contributed by atoms with Crippen molar-refractivity contribution in [2.45, 2.75) is 26.1 Å². The van der Waals surface area contributed by atoms with Crippen LogP contribution in [0.3, 0.4) is 0 Å². The van der Waals surface area contributed by atoms with Crippen LogP contribution in [0.5, 0.6) is 0 Å². The van der Waals surface area contributed by atoms with Crippen LogP contribution in [-0.4, -0.2) is 42.4 Å². The predicted octanol–water partition coefficient (Wildman–Crippen LogP) is 0.791. The van der Waals surface area contributed by atoms with Gasteiger partial charge in [0.1, 0.15) is 19.3 Å². The Balaban J connectivity index is 4.04. The lowest BCUT2D eigenvalue weighted by Crippen LogP contribution is -2.45. The molecule has 5 nitrogen and oxygen atoms in total. The monoisotopic (exact) mass is 257 g/mol. The van der Waals surface area contributed by atoms with Crippen LogP contribution in [0.4, 0.5) is 13.2 Å². The third-order valence-electron chi connectivity index (χ3n) is 1.75. The van der Waals surface area contributed by atoms with Crippen molar-refractivity contribution in [1.82, 2.24) is 5.32 Å². The standard InChI is InChI=1S/C9H14F3NO4/c1-5(2)7(8(15)16)13-6(14)3-17-4-9(10,11)12/h5,7H,3-4H2,1-2H3,(H,13,14)(H,15,16)/t7-/m1/s1. The van der Waals surface area contributed by atoms with Crippen LogP contribution < -0.4 is 5.32 Å². The molecule has 0 aliphatic rings. The van der Waals surface area contributed by atoms with Crippen LogP contribution in [0.15, 0.2) is 0 Å². The van der Waals surface area contributed by atoms with Crippen molar-refractivity contribution in [3.05, 3.63) is 0 Å². The number of aliphatic carboxylic acids is 1. The summed E-state index contributed by atoms with van der Waals surface area (Å²) < 4.78 is 39.1. The number of halogens is 3. The van der Waals surface area contributed by atoms with Crippen molar-refractivity contribution in [2.24, 2.45) is 5.92 Å². The first-order chi connectivity index (χ1) is 7.63. The lowest BCUT2D eigenvalue weighted by atomic mass is 10.1. The first-order valence-electron chi connectivity index (χ1n) is 4.80. The quantitative estimate of drug-likeness (QED) is 0.737. The topological polar surface area (TPSA) is 75.6 Å². The highest BCUT2D eigenvalue weighted by Crippen LogP contribution is 2.14. The van der Waals surface area contributed by atoms with Gasteiger partial charge in [0.25, 0.3) is 0 Å². The van der Waals surface area contributed by atoms with E-state index in [1.165, 1.54) is 0 Å². The molecular weight excluding hydrogens is 243 g/mol. The van der Waals surface area contributed by atoms with E-state index in [-0.39, 0.29) is 5.92 Å². The van der Waals surface area contributed by atoms with E-state index in [0.29, 0.717) is 0 Å². The van der Waals surface area contributed by atoms with Gasteiger partial charge in [-0.2, -0.15) is 13.2 Å². The maximum atomic E-state index is 11.7. The molecule has 0 aromatic rings. The minimum absolute atomic E-state index is 0.376. The van der Waals surface area contributed by atoms with E-state index in [9.17, 15) is 22.8 Å². The molecule has 0 rings (SSSR count). The molecule has 100 valence electrons. The summed E-state index contributed by atoms with van der Waals surface area (Å²) in [6, 6.07) is -1.14. The van der Waals surface area contributed by atoms with Crippen LogP contribution in [0, 0.1) is 5.92 Å². The first-order valence-corrected chi connectivity index (χ1v) is 4.80. The van der Waals surface area contributed by atoms with Gasteiger partial charge < -0.3 is 15.2 Å². The molecule has 0 aliphatic carbocycles. The molecule has 0 fully saturated rings. The summed E-state index contributed by atoms with van der Waals surface area (Å²) in [7, 11) is 0. The van der Waals surface area contributed by atoms with E-state index >= 15 is 0 Å². The Morgan fingerprint density at radius 2 is 1.88 bits per heavy atom. The van der Waals surface area contributed by atoms with Gasteiger partial charge >= 0.3 is 12.1 Å². The Labute approximate surface area is 95.9 Å². The average Bonchev–Trinajstić information content (AvgIpc) is 2.10. The van der Waals surface area contributed by atoms with Gasteiger partial charge in [0.2, 0.25) is 5.91 Å². The molecule has 0 unspecified atom stereocenters. The van der Waals surface area contributed by atoms with E-state index in [2.05, 4.69) is 10.1 Å². The summed E-state index contributed by atoms with van der Waals surface area (Å²) >= 11 is 0. The molecule has 1 atom stereocenters. The fourth-order valence-electron chi connectivity index (χ4n) is 0.988. The molecule has 8 heteroatoms. The number of carboxylic acid groups (broad SMARTS) is 1. The number of nitrogens with one attached hydrogen (secondary N) is 1. The molecule has 2 N–H and O–H groups in total. The largest absolute Gasteiger partial charge is 0.480 e. The highest BCUT2D eigenvalue weighted by atomic mass is 19.4. The lowest BCUT2D eigenvalue weighted by Gasteiger charge is -2.17. The van der Waals surface area contributed by atoms with Crippen molar-refractivity contribution in [3.8, 4) is 0 Å². The molecule has 0 saturated carbocycles. The number of rotatable bonds is 6. The lowest BCUT2D eigenvalue weighted by molar-refractivity contribution is -0.176. The molecule has 0 aromatic carbocycles. The fraction of sp³-hybridized carbons (Fsp3) is 0.778.